The summed E-state index contributed by atoms with van der Waals surface area (Å²) >= 11 is 5.81. The molecule has 2 aromatic carbocycles. The summed E-state index contributed by atoms with van der Waals surface area (Å²) < 4.78 is 55.7. The standard InChI is InChI=1S/C32H26ClF3N4O3/c1-42-31(41)27-10-9-26-30(39-27)40(18-32(17-34)11-12-32)28(37-26)14-19-5-8-22(24(36)13-19)25-3-2-4-29(38-25)43-16-20-6-7-21(33)15-23(20)35/h2-10,13,15H,11-12,14,16-18H2,1H3. The zero-order valence-electron chi connectivity index (χ0n) is 23.1. The molecule has 0 spiro atoms. The molecule has 43 heavy (non-hydrogen) atoms. The molecule has 7 nitrogen and oxygen atoms in total. The number of carbonyl (C=O) groups is 1. The summed E-state index contributed by atoms with van der Waals surface area (Å²) in [5.41, 5.74) is 2.21. The SMILES string of the molecule is COC(=O)c1ccc2nc(Cc3ccc(-c4cccc(OCc5ccc(Cl)cc5F)n4)c(F)c3)n(CC3(CF)CC3)c2n1. The molecule has 0 aliphatic heterocycles. The van der Waals surface area contributed by atoms with Gasteiger partial charge in [0.2, 0.25) is 5.88 Å². The molecule has 0 amide bonds. The summed E-state index contributed by atoms with van der Waals surface area (Å²) in [5, 5.41) is 0.286. The highest BCUT2D eigenvalue weighted by atomic mass is 35.5. The lowest BCUT2D eigenvalue weighted by atomic mass is 10.0. The second-order valence-corrected chi connectivity index (χ2v) is 11.1. The Balaban J connectivity index is 1.25. The van der Waals surface area contributed by atoms with Gasteiger partial charge in [-0.05, 0) is 60.9 Å². The number of nitrogens with zero attached hydrogens (tertiary/aromatic N) is 4. The van der Waals surface area contributed by atoms with E-state index < -0.39 is 29.7 Å². The lowest BCUT2D eigenvalue weighted by Crippen LogP contribution is -2.17. The van der Waals surface area contributed by atoms with Gasteiger partial charge in [0.05, 0.1) is 19.5 Å². The van der Waals surface area contributed by atoms with Gasteiger partial charge in [-0.3, -0.25) is 4.39 Å². The highest BCUT2D eigenvalue weighted by molar-refractivity contribution is 6.30. The van der Waals surface area contributed by atoms with Crippen molar-refractivity contribution in [2.75, 3.05) is 13.8 Å². The van der Waals surface area contributed by atoms with Crippen molar-refractivity contribution in [3.05, 3.63) is 106 Å². The minimum absolute atomic E-state index is 0.0679. The lowest BCUT2D eigenvalue weighted by molar-refractivity contribution is 0.0594. The first kappa shape index (κ1) is 28.7. The molecule has 0 atom stereocenters. The third kappa shape index (κ3) is 6.06. The van der Waals surface area contributed by atoms with Gasteiger partial charge < -0.3 is 14.0 Å². The van der Waals surface area contributed by atoms with Crippen molar-refractivity contribution in [1.82, 2.24) is 19.5 Å². The first-order valence-corrected chi connectivity index (χ1v) is 14.0. The quantitative estimate of drug-likeness (QED) is 0.157. The first-order valence-electron chi connectivity index (χ1n) is 13.6. The van der Waals surface area contributed by atoms with Crippen LogP contribution in [0, 0.1) is 17.0 Å². The third-order valence-electron chi connectivity index (χ3n) is 7.59. The number of hydrogen-bond acceptors (Lipinski definition) is 6. The summed E-state index contributed by atoms with van der Waals surface area (Å²) in [4.78, 5) is 25.7. The number of carbonyl (C=O) groups excluding carboxylic acids is 1. The van der Waals surface area contributed by atoms with Crippen LogP contribution in [0.4, 0.5) is 13.2 Å². The predicted molar refractivity (Wildman–Crippen MR) is 155 cm³/mol. The molecule has 11 heteroatoms. The van der Waals surface area contributed by atoms with Crippen LogP contribution in [0.25, 0.3) is 22.4 Å². The Morgan fingerprint density at radius 2 is 1.84 bits per heavy atom. The van der Waals surface area contributed by atoms with Crippen molar-refractivity contribution in [3.8, 4) is 17.1 Å². The van der Waals surface area contributed by atoms with E-state index in [9.17, 15) is 13.6 Å². The molecule has 6 rings (SSSR count). The Labute approximate surface area is 250 Å². The zero-order chi connectivity index (χ0) is 30.1. The van der Waals surface area contributed by atoms with E-state index in [4.69, 9.17) is 26.1 Å². The van der Waals surface area contributed by atoms with Crippen LogP contribution >= 0.6 is 11.6 Å². The highest BCUT2D eigenvalue weighted by Crippen LogP contribution is 2.48. The molecular weight excluding hydrogens is 581 g/mol. The van der Waals surface area contributed by atoms with E-state index in [0.29, 0.717) is 40.4 Å². The van der Waals surface area contributed by atoms with Gasteiger partial charge in [-0.15, -0.1) is 0 Å². The Kier molecular flexibility index (Phi) is 7.79. The molecule has 1 fully saturated rings. The minimum atomic E-state index is -0.583. The largest absolute Gasteiger partial charge is 0.473 e. The monoisotopic (exact) mass is 606 g/mol. The fraction of sp³-hybridized carbons (Fsp3) is 0.250. The van der Waals surface area contributed by atoms with E-state index in [0.717, 1.165) is 12.8 Å². The number of fused-ring (bicyclic) bond motifs is 1. The summed E-state index contributed by atoms with van der Waals surface area (Å²) in [5.74, 6) is -0.776. The van der Waals surface area contributed by atoms with E-state index in [1.807, 2.05) is 4.57 Å². The molecule has 0 saturated heterocycles. The Hall–Kier alpha value is -4.44. The van der Waals surface area contributed by atoms with Crippen molar-refractivity contribution in [2.45, 2.75) is 32.4 Å². The average molecular weight is 607 g/mol. The molecule has 3 aromatic heterocycles. The number of aromatic nitrogens is 4. The van der Waals surface area contributed by atoms with Gasteiger partial charge in [-0.1, -0.05) is 29.8 Å². The van der Waals surface area contributed by atoms with Crippen molar-refractivity contribution in [3.63, 3.8) is 0 Å². The van der Waals surface area contributed by atoms with Crippen molar-refractivity contribution >= 4 is 28.7 Å². The topological polar surface area (TPSA) is 79.1 Å². The molecule has 3 heterocycles. The smallest absolute Gasteiger partial charge is 0.356 e. The molecule has 0 unspecified atom stereocenters. The maximum Gasteiger partial charge on any atom is 0.356 e. The predicted octanol–water partition coefficient (Wildman–Crippen LogP) is 7.13. The molecule has 0 bridgehead atoms. The summed E-state index contributed by atoms with van der Waals surface area (Å²) in [7, 11) is 1.28. The fourth-order valence-corrected chi connectivity index (χ4v) is 5.07. The normalized spacial score (nSPS) is 13.7. The first-order chi connectivity index (χ1) is 20.8. The number of hydrogen-bond donors (Lipinski definition) is 0. The molecule has 0 radical (unpaired) electrons. The van der Waals surface area contributed by atoms with Crippen LogP contribution in [0.1, 0.15) is 40.3 Å². The number of imidazole rings is 1. The number of pyridine rings is 2. The van der Waals surface area contributed by atoms with Crippen molar-refractivity contribution in [1.29, 1.82) is 0 Å². The fourth-order valence-electron chi connectivity index (χ4n) is 4.91. The van der Waals surface area contributed by atoms with Gasteiger partial charge in [0.25, 0.3) is 0 Å². The van der Waals surface area contributed by atoms with E-state index in [1.165, 1.54) is 31.4 Å². The van der Waals surface area contributed by atoms with E-state index >= 15 is 4.39 Å². The molecule has 1 saturated carbocycles. The van der Waals surface area contributed by atoms with Crippen LogP contribution in [0.15, 0.2) is 66.7 Å². The Morgan fingerprint density at radius 3 is 2.56 bits per heavy atom. The summed E-state index contributed by atoms with van der Waals surface area (Å²) in [6, 6.07) is 17.3. The minimum Gasteiger partial charge on any atom is -0.473 e. The number of methoxy groups -OCH3 is 1. The van der Waals surface area contributed by atoms with Gasteiger partial charge in [-0.25, -0.2) is 28.5 Å². The number of halogens is 4. The molecule has 1 aliphatic carbocycles. The maximum atomic E-state index is 15.4. The molecule has 5 aromatic rings. The van der Waals surface area contributed by atoms with E-state index in [1.54, 1.807) is 42.5 Å². The Morgan fingerprint density at radius 1 is 1.00 bits per heavy atom. The molecule has 220 valence electrons. The van der Waals surface area contributed by atoms with E-state index in [-0.39, 0.29) is 35.2 Å². The summed E-state index contributed by atoms with van der Waals surface area (Å²) in [6.45, 7) is -0.192. The second kappa shape index (κ2) is 11.7. The van der Waals surface area contributed by atoms with Crippen molar-refractivity contribution < 1.29 is 27.4 Å². The highest BCUT2D eigenvalue weighted by Gasteiger charge is 2.44. The van der Waals surface area contributed by atoms with Gasteiger partial charge in [0.15, 0.2) is 11.3 Å². The van der Waals surface area contributed by atoms with Crippen LogP contribution in [-0.2, 0) is 24.3 Å². The number of rotatable bonds is 10. The van der Waals surface area contributed by atoms with Gasteiger partial charge in [0.1, 0.15) is 29.6 Å². The second-order valence-electron chi connectivity index (χ2n) is 10.7. The van der Waals surface area contributed by atoms with Crippen LogP contribution in [0.2, 0.25) is 5.02 Å². The van der Waals surface area contributed by atoms with Crippen LogP contribution in [0.5, 0.6) is 5.88 Å². The van der Waals surface area contributed by atoms with Gasteiger partial charge in [0, 0.05) is 40.6 Å². The van der Waals surface area contributed by atoms with Crippen LogP contribution < -0.4 is 4.74 Å². The van der Waals surface area contributed by atoms with Crippen LogP contribution in [0.3, 0.4) is 0 Å². The number of esters is 1. The zero-order valence-corrected chi connectivity index (χ0v) is 23.9. The van der Waals surface area contributed by atoms with Gasteiger partial charge >= 0.3 is 5.97 Å². The Bertz CT molecular complexity index is 1840. The molecular formula is C32H26ClF3N4O3. The lowest BCUT2D eigenvalue weighted by Gasteiger charge is -2.15. The van der Waals surface area contributed by atoms with Crippen LogP contribution in [-0.4, -0.2) is 39.3 Å². The van der Waals surface area contributed by atoms with Gasteiger partial charge in [-0.2, -0.15) is 0 Å². The molecule has 1 aliphatic rings. The number of benzene rings is 2. The number of alkyl halides is 1. The van der Waals surface area contributed by atoms with Crippen molar-refractivity contribution in [2.24, 2.45) is 5.41 Å². The number of ether oxygens (including phenoxy) is 2. The summed E-state index contributed by atoms with van der Waals surface area (Å²) in [6.07, 6.45) is 1.74. The van der Waals surface area contributed by atoms with E-state index in [2.05, 4.69) is 9.97 Å². The maximum absolute atomic E-state index is 15.4. The average Bonchev–Trinajstić information content (AvgIpc) is 3.71. The molecule has 0 N–H and O–H groups in total. The third-order valence-corrected chi connectivity index (χ3v) is 7.82.